The van der Waals surface area contributed by atoms with E-state index >= 15 is 0 Å². The molecule has 2 N–H and O–H groups in total. The van der Waals surface area contributed by atoms with Crippen LogP contribution in [0.1, 0.15) is 24.2 Å². The Morgan fingerprint density at radius 2 is 2.27 bits per heavy atom. The molecule has 80 valence electrons. The first-order chi connectivity index (χ1) is 7.08. The molecule has 0 saturated heterocycles. The normalized spacial score (nSPS) is 24.2. The zero-order valence-corrected chi connectivity index (χ0v) is 9.47. The number of thioether (sulfide) groups is 1. The molecule has 1 aliphatic heterocycles. The van der Waals surface area contributed by atoms with Gasteiger partial charge in [-0.25, -0.2) is 0 Å². The van der Waals surface area contributed by atoms with Gasteiger partial charge in [-0.15, -0.1) is 11.8 Å². The Balaban J connectivity index is 2.37. The van der Waals surface area contributed by atoms with Crippen LogP contribution in [-0.2, 0) is 0 Å². The predicted molar refractivity (Wildman–Crippen MR) is 61.4 cm³/mol. The number of carbonyl (C=O) groups excluding carboxylic acids is 1. The number of fused-ring (bicyclic) bond motifs is 1. The van der Waals surface area contributed by atoms with Crippen LogP contribution in [0.5, 0.6) is 0 Å². The molecule has 0 amide bonds. The number of Topliss-reactive ketones (excluding diaryl/α,β-unsaturated/α-hetero) is 1. The first kappa shape index (κ1) is 10.5. The number of aliphatic hydroxyl groups excluding tert-OH is 1. The lowest BCUT2D eigenvalue weighted by atomic mass is 10.1. The molecule has 2 rings (SSSR count). The Kier molecular flexibility index (Phi) is 2.71. The quantitative estimate of drug-likeness (QED) is 0.716. The number of ketones is 1. The van der Waals surface area contributed by atoms with Gasteiger partial charge >= 0.3 is 0 Å². The molecule has 0 saturated carbocycles. The minimum Gasteiger partial charge on any atom is -0.373 e. The van der Waals surface area contributed by atoms with Gasteiger partial charge in [0.15, 0.2) is 5.78 Å². The molecule has 0 aliphatic carbocycles. The maximum atomic E-state index is 11.2. The highest BCUT2D eigenvalue weighted by Gasteiger charge is 2.23. The second-order valence-corrected chi connectivity index (χ2v) is 5.10. The van der Waals surface area contributed by atoms with Gasteiger partial charge in [0.25, 0.3) is 0 Å². The first-order valence-electron chi connectivity index (χ1n) is 4.84. The SMILES string of the molecule is CC(=O)c1ccc2c(c1)NC(O)C(C)S2. The average Bonchev–Trinajstić information content (AvgIpc) is 2.19. The highest BCUT2D eigenvalue weighted by atomic mass is 32.2. The second-order valence-electron chi connectivity index (χ2n) is 3.68. The number of aliphatic hydroxyl groups is 1. The van der Waals surface area contributed by atoms with E-state index in [1.165, 1.54) is 6.92 Å². The van der Waals surface area contributed by atoms with E-state index < -0.39 is 6.23 Å². The highest BCUT2D eigenvalue weighted by Crippen LogP contribution is 2.37. The minimum absolute atomic E-state index is 0.0395. The van der Waals surface area contributed by atoms with E-state index in [1.807, 2.05) is 19.1 Å². The number of hydrogen-bond donors (Lipinski definition) is 2. The number of nitrogens with one attached hydrogen (secondary N) is 1. The van der Waals surface area contributed by atoms with Crippen LogP contribution in [0.25, 0.3) is 0 Å². The summed E-state index contributed by atoms with van der Waals surface area (Å²) in [5.41, 5.74) is 1.52. The van der Waals surface area contributed by atoms with E-state index in [2.05, 4.69) is 5.32 Å². The molecule has 1 aromatic carbocycles. The fourth-order valence-electron chi connectivity index (χ4n) is 1.51. The van der Waals surface area contributed by atoms with Crippen molar-refractivity contribution in [3.63, 3.8) is 0 Å². The van der Waals surface area contributed by atoms with Crippen molar-refractivity contribution in [3.8, 4) is 0 Å². The lowest BCUT2D eigenvalue weighted by molar-refractivity contribution is 0.101. The second kappa shape index (κ2) is 3.87. The molecule has 0 bridgehead atoms. The summed E-state index contributed by atoms with van der Waals surface area (Å²) in [7, 11) is 0. The van der Waals surface area contributed by atoms with Crippen molar-refractivity contribution in [2.75, 3.05) is 5.32 Å². The summed E-state index contributed by atoms with van der Waals surface area (Å²) in [5.74, 6) is 0.0395. The summed E-state index contributed by atoms with van der Waals surface area (Å²) in [6.07, 6.45) is -0.551. The Hall–Kier alpha value is -1.00. The van der Waals surface area contributed by atoms with Gasteiger partial charge in [-0.3, -0.25) is 4.79 Å². The smallest absolute Gasteiger partial charge is 0.159 e. The van der Waals surface area contributed by atoms with Crippen LogP contribution in [-0.4, -0.2) is 22.4 Å². The van der Waals surface area contributed by atoms with E-state index in [0.29, 0.717) is 5.56 Å². The summed E-state index contributed by atoms with van der Waals surface area (Å²) in [5, 5.41) is 12.8. The number of rotatable bonds is 1. The molecule has 3 nitrogen and oxygen atoms in total. The molecule has 15 heavy (non-hydrogen) atoms. The third kappa shape index (κ3) is 2.01. The lowest BCUT2D eigenvalue weighted by Gasteiger charge is -2.28. The topological polar surface area (TPSA) is 49.3 Å². The fourth-order valence-corrected chi connectivity index (χ4v) is 2.49. The van der Waals surface area contributed by atoms with Crippen molar-refractivity contribution < 1.29 is 9.90 Å². The molecule has 1 aromatic rings. The predicted octanol–water partition coefficient (Wildman–Crippen LogP) is 2.11. The molecule has 0 spiro atoms. The summed E-state index contributed by atoms with van der Waals surface area (Å²) in [4.78, 5) is 12.3. The Labute approximate surface area is 92.9 Å². The minimum atomic E-state index is -0.551. The van der Waals surface area contributed by atoms with Crippen molar-refractivity contribution >= 4 is 23.2 Å². The first-order valence-corrected chi connectivity index (χ1v) is 5.72. The molecule has 2 atom stereocenters. The largest absolute Gasteiger partial charge is 0.373 e. The molecule has 2 unspecified atom stereocenters. The third-order valence-corrected chi connectivity index (χ3v) is 3.69. The van der Waals surface area contributed by atoms with E-state index in [9.17, 15) is 9.90 Å². The molecule has 0 fully saturated rings. The third-order valence-electron chi connectivity index (χ3n) is 2.45. The van der Waals surface area contributed by atoms with Crippen LogP contribution in [0.4, 0.5) is 5.69 Å². The Morgan fingerprint density at radius 1 is 1.53 bits per heavy atom. The monoisotopic (exact) mass is 223 g/mol. The van der Waals surface area contributed by atoms with Crippen molar-refractivity contribution in [2.45, 2.75) is 30.2 Å². The van der Waals surface area contributed by atoms with E-state index in [0.717, 1.165) is 10.6 Å². The van der Waals surface area contributed by atoms with Gasteiger partial charge in [0.1, 0.15) is 6.23 Å². The number of hydrogen-bond acceptors (Lipinski definition) is 4. The van der Waals surface area contributed by atoms with Crippen LogP contribution >= 0.6 is 11.8 Å². The molecule has 0 radical (unpaired) electrons. The van der Waals surface area contributed by atoms with Crippen LogP contribution in [0.15, 0.2) is 23.1 Å². The maximum Gasteiger partial charge on any atom is 0.159 e. The number of anilines is 1. The van der Waals surface area contributed by atoms with Gasteiger partial charge in [0, 0.05) is 10.5 Å². The summed E-state index contributed by atoms with van der Waals surface area (Å²) < 4.78 is 0. The van der Waals surface area contributed by atoms with Crippen molar-refractivity contribution in [3.05, 3.63) is 23.8 Å². The molecule has 1 aliphatic rings. The molecular weight excluding hydrogens is 210 g/mol. The number of carbonyl (C=O) groups is 1. The van der Waals surface area contributed by atoms with Crippen molar-refractivity contribution in [2.24, 2.45) is 0 Å². The van der Waals surface area contributed by atoms with E-state index in [-0.39, 0.29) is 11.0 Å². The fraction of sp³-hybridized carbons (Fsp3) is 0.364. The standard InChI is InChI=1S/C11H13NO2S/c1-6(13)8-3-4-10-9(5-8)12-11(14)7(2)15-10/h3-5,7,11-12,14H,1-2H3. The Morgan fingerprint density at radius 3 is 2.93 bits per heavy atom. The van der Waals surface area contributed by atoms with Gasteiger partial charge in [-0.2, -0.15) is 0 Å². The van der Waals surface area contributed by atoms with Crippen LogP contribution in [0, 0.1) is 0 Å². The molecule has 0 aromatic heterocycles. The van der Waals surface area contributed by atoms with Gasteiger partial charge in [0.05, 0.1) is 10.9 Å². The van der Waals surface area contributed by atoms with Crippen LogP contribution < -0.4 is 5.32 Å². The van der Waals surface area contributed by atoms with E-state index in [1.54, 1.807) is 17.8 Å². The van der Waals surface area contributed by atoms with Crippen LogP contribution in [0.3, 0.4) is 0 Å². The summed E-state index contributed by atoms with van der Waals surface area (Å²) >= 11 is 1.62. The average molecular weight is 223 g/mol. The number of benzene rings is 1. The summed E-state index contributed by atoms with van der Waals surface area (Å²) in [6, 6.07) is 5.53. The van der Waals surface area contributed by atoms with Crippen molar-refractivity contribution in [1.29, 1.82) is 0 Å². The molecular formula is C11H13NO2S. The zero-order chi connectivity index (χ0) is 11.0. The summed E-state index contributed by atoms with van der Waals surface area (Å²) in [6.45, 7) is 3.50. The highest BCUT2D eigenvalue weighted by molar-refractivity contribution is 8.00. The van der Waals surface area contributed by atoms with Gasteiger partial charge in [-0.1, -0.05) is 6.07 Å². The molecule has 1 heterocycles. The maximum absolute atomic E-state index is 11.2. The van der Waals surface area contributed by atoms with E-state index in [4.69, 9.17) is 0 Å². The van der Waals surface area contributed by atoms with Gasteiger partial charge < -0.3 is 10.4 Å². The lowest BCUT2D eigenvalue weighted by Crippen LogP contribution is -2.32. The van der Waals surface area contributed by atoms with Crippen molar-refractivity contribution in [1.82, 2.24) is 0 Å². The van der Waals surface area contributed by atoms with Crippen LogP contribution in [0.2, 0.25) is 0 Å². The molecule has 4 heteroatoms. The Bertz CT molecular complexity index is 406. The van der Waals surface area contributed by atoms with Gasteiger partial charge in [0.2, 0.25) is 0 Å². The van der Waals surface area contributed by atoms with Gasteiger partial charge in [-0.05, 0) is 26.0 Å². The zero-order valence-electron chi connectivity index (χ0n) is 8.65.